The zero-order valence-electron chi connectivity index (χ0n) is 16.0. The first kappa shape index (κ1) is 18.9. The van der Waals surface area contributed by atoms with Crippen LogP contribution in [0.3, 0.4) is 0 Å². The topological polar surface area (TPSA) is 45.5 Å². The Bertz CT molecular complexity index is 1040. The van der Waals surface area contributed by atoms with Gasteiger partial charge >= 0.3 is 0 Å². The number of phenolic OH excluding ortho intramolecular Hbond substituents is 1. The molecule has 0 saturated carbocycles. The van der Waals surface area contributed by atoms with Gasteiger partial charge in [-0.25, -0.2) is 4.39 Å². The predicted molar refractivity (Wildman–Crippen MR) is 112 cm³/mol. The summed E-state index contributed by atoms with van der Waals surface area (Å²) >= 11 is 1.47. The van der Waals surface area contributed by atoms with Crippen LogP contribution in [0.25, 0.3) is 22.2 Å². The van der Waals surface area contributed by atoms with Crippen molar-refractivity contribution < 1.29 is 14.3 Å². The van der Waals surface area contributed by atoms with Gasteiger partial charge in [0.25, 0.3) is 0 Å². The lowest BCUT2D eigenvalue weighted by Gasteiger charge is -2.30. The quantitative estimate of drug-likeness (QED) is 0.658. The Labute approximate surface area is 168 Å². The number of thioether (sulfide) groups is 1. The molecule has 1 N–H and O–H groups in total. The van der Waals surface area contributed by atoms with Crippen LogP contribution in [0.4, 0.5) is 4.39 Å². The van der Waals surface area contributed by atoms with Crippen molar-refractivity contribution in [1.82, 2.24) is 9.47 Å². The van der Waals surface area contributed by atoms with E-state index in [4.69, 9.17) is 0 Å². The van der Waals surface area contributed by atoms with Crippen LogP contribution in [0.1, 0.15) is 24.7 Å². The number of rotatable bonds is 5. The van der Waals surface area contributed by atoms with E-state index in [0.717, 1.165) is 32.6 Å². The second kappa shape index (κ2) is 7.51. The number of amides is 1. The van der Waals surface area contributed by atoms with Gasteiger partial charge in [-0.05, 0) is 38.1 Å². The number of aryl methyl sites for hydroxylation is 1. The highest BCUT2D eigenvalue weighted by Crippen LogP contribution is 2.53. The van der Waals surface area contributed by atoms with Gasteiger partial charge in [0.05, 0.1) is 12.2 Å². The fourth-order valence-corrected chi connectivity index (χ4v) is 5.41. The second-order valence-electron chi connectivity index (χ2n) is 6.81. The third-order valence-electron chi connectivity index (χ3n) is 5.34. The monoisotopic (exact) mass is 398 g/mol. The first-order valence-electron chi connectivity index (χ1n) is 9.56. The van der Waals surface area contributed by atoms with Gasteiger partial charge in [0.15, 0.2) is 0 Å². The number of carbonyl (C=O) groups is 1. The fraction of sp³-hybridized carbons (Fsp3) is 0.318. The van der Waals surface area contributed by atoms with Gasteiger partial charge in [0.1, 0.15) is 17.7 Å². The number of nitrogens with zero attached hydrogens (tertiary/aromatic N) is 2. The number of halogens is 1. The van der Waals surface area contributed by atoms with E-state index in [0.29, 0.717) is 13.1 Å². The van der Waals surface area contributed by atoms with Gasteiger partial charge in [0.2, 0.25) is 5.91 Å². The van der Waals surface area contributed by atoms with E-state index in [9.17, 15) is 14.3 Å². The highest BCUT2D eigenvalue weighted by molar-refractivity contribution is 8.00. The van der Waals surface area contributed by atoms with Crippen LogP contribution >= 0.6 is 11.8 Å². The number of aromatic hydroxyl groups is 1. The van der Waals surface area contributed by atoms with Gasteiger partial charge in [-0.1, -0.05) is 18.2 Å². The number of benzene rings is 2. The lowest BCUT2D eigenvalue weighted by molar-refractivity contribution is -0.130. The number of carbonyl (C=O) groups excluding carboxylic acids is 1. The van der Waals surface area contributed by atoms with Crippen molar-refractivity contribution in [3.63, 3.8) is 0 Å². The van der Waals surface area contributed by atoms with Gasteiger partial charge in [-0.2, -0.15) is 0 Å². The summed E-state index contributed by atoms with van der Waals surface area (Å²) in [5.41, 5.74) is 3.71. The molecule has 6 heteroatoms. The van der Waals surface area contributed by atoms with E-state index >= 15 is 0 Å². The Morgan fingerprint density at radius 1 is 1.21 bits per heavy atom. The number of hydrogen-bond donors (Lipinski definition) is 1. The van der Waals surface area contributed by atoms with Crippen LogP contribution in [0.5, 0.6) is 5.75 Å². The molecule has 0 bridgehead atoms. The molecule has 4 nitrogen and oxygen atoms in total. The molecule has 3 aromatic rings. The van der Waals surface area contributed by atoms with Crippen molar-refractivity contribution in [2.75, 3.05) is 19.8 Å². The zero-order chi connectivity index (χ0) is 19.8. The number of phenols is 1. The molecule has 0 spiro atoms. The molecule has 2 aromatic carbocycles. The van der Waals surface area contributed by atoms with Gasteiger partial charge in [0, 0.05) is 40.0 Å². The van der Waals surface area contributed by atoms with E-state index in [1.165, 1.54) is 11.8 Å². The molecule has 1 aliphatic heterocycles. The SMILES string of the molecule is CCN(CC)C(=O)C1Sc2cc(O)ccc2-c2c1c1ccccc1n2CCF. The average molecular weight is 399 g/mol. The summed E-state index contributed by atoms with van der Waals surface area (Å²) < 4.78 is 15.4. The Morgan fingerprint density at radius 3 is 2.68 bits per heavy atom. The van der Waals surface area contributed by atoms with E-state index < -0.39 is 11.9 Å². The summed E-state index contributed by atoms with van der Waals surface area (Å²) in [4.78, 5) is 16.1. The summed E-state index contributed by atoms with van der Waals surface area (Å²) in [7, 11) is 0. The Kier molecular flexibility index (Phi) is 5.06. The Morgan fingerprint density at radius 2 is 1.96 bits per heavy atom. The van der Waals surface area contributed by atoms with Gasteiger partial charge in [-0.3, -0.25) is 4.79 Å². The number of hydrogen-bond acceptors (Lipinski definition) is 3. The van der Waals surface area contributed by atoms with Crippen molar-refractivity contribution in [3.8, 4) is 17.0 Å². The van der Waals surface area contributed by atoms with E-state index in [2.05, 4.69) is 0 Å². The maximum absolute atomic E-state index is 13.4. The normalized spacial score (nSPS) is 15.3. The average Bonchev–Trinajstić information content (AvgIpc) is 3.03. The van der Waals surface area contributed by atoms with Crippen molar-refractivity contribution >= 4 is 28.6 Å². The highest BCUT2D eigenvalue weighted by atomic mass is 32.2. The molecule has 0 fully saturated rings. The Hall–Kier alpha value is -2.47. The summed E-state index contributed by atoms with van der Waals surface area (Å²) in [6.45, 7) is 4.97. The molecule has 0 saturated heterocycles. The number of likely N-dealkylation sites (N-methyl/N-ethyl adjacent to an activating group) is 1. The van der Waals surface area contributed by atoms with Gasteiger partial charge < -0.3 is 14.6 Å². The van der Waals surface area contributed by atoms with Gasteiger partial charge in [-0.15, -0.1) is 11.8 Å². The molecule has 1 amide bonds. The minimum absolute atomic E-state index is 0.0494. The van der Waals surface area contributed by atoms with Crippen LogP contribution in [0.15, 0.2) is 47.4 Å². The summed E-state index contributed by atoms with van der Waals surface area (Å²) in [5, 5.41) is 10.6. The third kappa shape index (κ3) is 2.87. The zero-order valence-corrected chi connectivity index (χ0v) is 16.8. The molecule has 1 unspecified atom stereocenters. The Balaban J connectivity index is 2.03. The number of fused-ring (bicyclic) bond motifs is 5. The van der Waals surface area contributed by atoms with E-state index in [-0.39, 0.29) is 18.2 Å². The predicted octanol–water partition coefficient (Wildman–Crippen LogP) is 5.00. The van der Waals surface area contributed by atoms with Crippen molar-refractivity contribution in [2.45, 2.75) is 30.5 Å². The summed E-state index contributed by atoms with van der Waals surface area (Å²) in [6, 6.07) is 13.1. The smallest absolute Gasteiger partial charge is 0.240 e. The number of aromatic nitrogens is 1. The molecule has 1 aromatic heterocycles. The standard InChI is InChI=1S/C22H23FN2O2S/c1-3-24(4-2)22(27)21-19-15-7-5-6-8-17(15)25(12-11-23)20(19)16-10-9-14(26)13-18(16)28-21/h5-10,13,21,26H,3-4,11-12H2,1-2H3. The molecule has 0 aliphatic carbocycles. The maximum atomic E-state index is 13.4. The first-order chi connectivity index (χ1) is 13.6. The molecule has 146 valence electrons. The van der Waals surface area contributed by atoms with Crippen molar-refractivity contribution in [3.05, 3.63) is 48.0 Å². The lowest BCUT2D eigenvalue weighted by atomic mass is 10.00. The van der Waals surface area contributed by atoms with Crippen LogP contribution in [0.2, 0.25) is 0 Å². The number of alkyl halides is 1. The second-order valence-corrected chi connectivity index (χ2v) is 7.96. The summed E-state index contributed by atoms with van der Waals surface area (Å²) in [5.74, 6) is 0.213. The minimum atomic E-state index is -0.486. The molecule has 4 rings (SSSR count). The molecule has 0 radical (unpaired) electrons. The summed E-state index contributed by atoms with van der Waals surface area (Å²) in [6.07, 6.45) is 0. The third-order valence-corrected chi connectivity index (χ3v) is 6.61. The van der Waals surface area contributed by atoms with Crippen molar-refractivity contribution in [1.29, 1.82) is 0 Å². The fourth-order valence-electron chi connectivity index (χ4n) is 4.07. The lowest BCUT2D eigenvalue weighted by Crippen LogP contribution is -2.34. The molecule has 1 atom stereocenters. The van der Waals surface area contributed by atoms with Crippen LogP contribution in [-0.4, -0.2) is 40.2 Å². The molecule has 2 heterocycles. The molecular weight excluding hydrogens is 375 g/mol. The largest absolute Gasteiger partial charge is 0.508 e. The molecule has 1 aliphatic rings. The molecule has 28 heavy (non-hydrogen) atoms. The maximum Gasteiger partial charge on any atom is 0.240 e. The van der Waals surface area contributed by atoms with Crippen LogP contribution < -0.4 is 0 Å². The van der Waals surface area contributed by atoms with Crippen LogP contribution in [0, 0.1) is 0 Å². The molecular formula is C22H23FN2O2S. The van der Waals surface area contributed by atoms with E-state index in [1.807, 2.05) is 53.6 Å². The van der Waals surface area contributed by atoms with E-state index in [1.54, 1.807) is 12.1 Å². The highest BCUT2D eigenvalue weighted by Gasteiger charge is 2.37. The first-order valence-corrected chi connectivity index (χ1v) is 10.4. The minimum Gasteiger partial charge on any atom is -0.508 e. The number of para-hydroxylation sites is 1. The van der Waals surface area contributed by atoms with Crippen LogP contribution in [-0.2, 0) is 11.3 Å². The van der Waals surface area contributed by atoms with Crippen molar-refractivity contribution in [2.24, 2.45) is 0 Å².